The Labute approximate surface area is 398 Å². The first-order valence-corrected chi connectivity index (χ1v) is 24.7. The zero-order chi connectivity index (χ0) is 48.6. The predicted octanol–water partition coefficient (Wildman–Crippen LogP) is 2.60. The van der Waals surface area contributed by atoms with Crippen molar-refractivity contribution >= 4 is 35.3 Å². The van der Waals surface area contributed by atoms with Crippen molar-refractivity contribution in [2.45, 2.75) is 158 Å². The Morgan fingerprint density at radius 1 is 1.00 bits per heavy atom. The van der Waals surface area contributed by atoms with Crippen molar-refractivity contribution in [3.05, 3.63) is 59.2 Å². The first-order chi connectivity index (χ1) is 32.4. The van der Waals surface area contributed by atoms with Crippen molar-refractivity contribution in [2.24, 2.45) is 34.3 Å². The molecule has 11 atom stereocenters. The Hall–Kier alpha value is -4.36. The number of unbranched alkanes of at least 4 members (excludes halogenated alkanes) is 1. The lowest BCUT2D eigenvalue weighted by molar-refractivity contribution is -0.201. The van der Waals surface area contributed by atoms with Crippen LogP contribution in [0.15, 0.2) is 48.1 Å². The van der Waals surface area contributed by atoms with E-state index < -0.39 is 82.3 Å². The van der Waals surface area contributed by atoms with Crippen molar-refractivity contribution in [1.82, 2.24) is 21.3 Å². The molecule has 2 bridgehead atoms. The first kappa shape index (κ1) is 50.0. The summed E-state index contributed by atoms with van der Waals surface area (Å²) < 4.78 is 20.0. The average Bonchev–Trinajstić information content (AvgIpc) is 3.81. The van der Waals surface area contributed by atoms with Crippen LogP contribution in [0.4, 0.5) is 0 Å². The molecule has 3 saturated heterocycles. The van der Waals surface area contributed by atoms with Gasteiger partial charge in [0.2, 0.25) is 17.7 Å². The third kappa shape index (κ3) is 9.48. The highest BCUT2D eigenvalue weighted by Gasteiger charge is 2.76. The number of hydrogen-bond acceptors (Lipinski definition) is 13. The molecule has 3 aliphatic heterocycles. The number of aliphatic hydroxyl groups excluding tert-OH is 2. The number of ether oxygens (including phenoxy) is 3. The third-order valence-corrected chi connectivity index (χ3v) is 17.1. The van der Waals surface area contributed by atoms with Crippen molar-refractivity contribution in [3.8, 4) is 0 Å². The van der Waals surface area contributed by atoms with Gasteiger partial charge in [-0.15, -0.1) is 0 Å². The van der Waals surface area contributed by atoms with Crippen LogP contribution in [-0.2, 0) is 49.4 Å². The molecule has 9 rings (SSSR count). The average molecular weight is 946 g/mol. The highest BCUT2D eigenvalue weighted by molar-refractivity contribution is 6.01. The number of carbonyl (C=O) groups is 6. The van der Waals surface area contributed by atoms with Gasteiger partial charge in [0, 0.05) is 54.7 Å². The molecule has 9 N–H and O–H groups in total. The summed E-state index contributed by atoms with van der Waals surface area (Å²) in [5, 5.41) is 43.6. The maximum Gasteiger partial charge on any atom is 0.303 e. The van der Waals surface area contributed by atoms with Crippen molar-refractivity contribution in [1.29, 1.82) is 0 Å². The highest BCUT2D eigenvalue weighted by Crippen LogP contribution is 2.70. The molecule has 17 heteroatoms. The van der Waals surface area contributed by atoms with E-state index in [0.29, 0.717) is 64.5 Å². The molecule has 17 nitrogen and oxygen atoms in total. The van der Waals surface area contributed by atoms with Gasteiger partial charge in [-0.2, -0.15) is 0 Å². The fourth-order valence-electron chi connectivity index (χ4n) is 13.7. The lowest BCUT2D eigenvalue weighted by Gasteiger charge is -2.59. The molecular weight excluding hydrogens is 875 g/mol. The molecule has 5 aliphatic carbocycles. The summed E-state index contributed by atoms with van der Waals surface area (Å²) in [5.74, 6) is -2.73. The smallest absolute Gasteiger partial charge is 0.303 e. The van der Waals surface area contributed by atoms with Crippen LogP contribution >= 0.6 is 0 Å². The second-order valence-corrected chi connectivity index (χ2v) is 21.4. The lowest BCUT2D eigenvalue weighted by Crippen LogP contribution is -2.65. The summed E-state index contributed by atoms with van der Waals surface area (Å²) in [5.41, 5.74) is 4.59. The Bertz CT molecular complexity index is 2160. The number of aliphatic hydroxyl groups is 2. The highest BCUT2D eigenvalue weighted by atomic mass is 16.7. The summed E-state index contributed by atoms with van der Waals surface area (Å²) >= 11 is 0. The van der Waals surface area contributed by atoms with Crippen molar-refractivity contribution in [3.63, 3.8) is 0 Å². The fourth-order valence-corrected chi connectivity index (χ4v) is 13.7. The quantitative estimate of drug-likeness (QED) is 0.0875. The number of amides is 3. The first-order valence-electron chi connectivity index (χ1n) is 24.7. The maximum absolute atomic E-state index is 14.0. The molecule has 0 unspecified atom stereocenters. The molecule has 3 amide bonds. The molecule has 0 aromatic heterocycles. The van der Waals surface area contributed by atoms with E-state index in [1.807, 2.05) is 37.3 Å². The number of carbonyl (C=O) groups excluding carboxylic acids is 5. The molecule has 1 aromatic rings. The van der Waals surface area contributed by atoms with E-state index in [2.05, 4.69) is 28.2 Å². The monoisotopic (exact) mass is 946 g/mol. The Morgan fingerprint density at radius 2 is 1.75 bits per heavy atom. The van der Waals surface area contributed by atoms with E-state index in [-0.39, 0.29) is 61.5 Å². The van der Waals surface area contributed by atoms with Gasteiger partial charge >= 0.3 is 5.97 Å². The second kappa shape index (κ2) is 19.8. The van der Waals surface area contributed by atoms with Gasteiger partial charge in [0.05, 0.1) is 36.5 Å². The Kier molecular flexibility index (Phi) is 14.6. The zero-order valence-corrected chi connectivity index (χ0v) is 39.7. The predicted molar refractivity (Wildman–Crippen MR) is 247 cm³/mol. The van der Waals surface area contributed by atoms with Crippen LogP contribution < -0.4 is 27.0 Å². The largest absolute Gasteiger partial charge is 0.481 e. The number of benzene rings is 1. The number of Topliss-reactive ketones (excluding diaryl/α,β-unsaturated/α-hetero) is 1. The van der Waals surface area contributed by atoms with Gasteiger partial charge in [-0.1, -0.05) is 56.2 Å². The third-order valence-electron chi connectivity index (χ3n) is 17.1. The molecule has 3 heterocycles. The number of aliphatic carboxylic acids is 1. The molecule has 0 spiro atoms. The molecule has 372 valence electrons. The minimum absolute atomic E-state index is 0.00699. The minimum Gasteiger partial charge on any atom is -0.481 e. The van der Waals surface area contributed by atoms with Gasteiger partial charge in [-0.3, -0.25) is 28.8 Å². The van der Waals surface area contributed by atoms with Crippen LogP contribution in [0.2, 0.25) is 0 Å². The van der Waals surface area contributed by atoms with E-state index in [0.717, 1.165) is 42.4 Å². The topological polar surface area (TPSA) is 265 Å². The number of fused-ring (bicyclic) bond motifs is 10. The van der Waals surface area contributed by atoms with Gasteiger partial charge in [0.15, 0.2) is 23.5 Å². The van der Waals surface area contributed by atoms with Crippen LogP contribution in [0.5, 0.6) is 0 Å². The molecule has 8 aliphatic rings. The molecular formula is C51H71N5O12. The number of carboxylic acids is 1. The molecule has 1 aromatic carbocycles. The van der Waals surface area contributed by atoms with Gasteiger partial charge < -0.3 is 56.5 Å². The van der Waals surface area contributed by atoms with Gasteiger partial charge in [-0.25, -0.2) is 0 Å². The van der Waals surface area contributed by atoms with E-state index in [4.69, 9.17) is 19.9 Å². The number of nitrogens with one attached hydrogen (secondary N) is 4. The van der Waals surface area contributed by atoms with E-state index >= 15 is 0 Å². The summed E-state index contributed by atoms with van der Waals surface area (Å²) in [6.45, 7) is 5.88. The normalized spacial score (nSPS) is 36.3. The maximum atomic E-state index is 14.0. The van der Waals surface area contributed by atoms with Crippen LogP contribution in [0.1, 0.15) is 122 Å². The summed E-state index contributed by atoms with van der Waals surface area (Å²) in [6.07, 6.45) is 10.6. The number of ketones is 2. The van der Waals surface area contributed by atoms with Crippen LogP contribution in [0, 0.1) is 28.6 Å². The standard InChI is InChI=1S/C51H71N5O12/c1-30(58)54-34(6-4-5-21-52)26-53-27-42(62)55-38(13-14-43(63)64)45(65)56-49-17-19-50(20-18-49,66-29-49)24-31-7-9-32(10-8-31)46-67-41-23-37-36-12-11-33-22-35(59)15-16-47(33,2)44(36)39(60)25-48(37,3)51(41,68-46)40(61)28-57/h7-10,15-16,22,34,36-39,41,44,46,53,57,60H,4-6,11-14,17-21,23-29,52H2,1-3H3,(H,54,58)(H,55,62)(H,56,65)(H,63,64)/t34-,36-,37-,38-,39-,41+,44+,46+,47-,48-,49?,50?,51+/m0/s1. The fraction of sp³-hybridized carbons (Fsp3) is 0.686. The van der Waals surface area contributed by atoms with Crippen LogP contribution in [-0.4, -0.2) is 124 Å². The SMILES string of the molecule is CC(=O)N[C@@H](CCCCN)CNCC(=O)N[C@@H](CCC(=O)O)C(=O)NC12CCC(Cc3ccc([C@@H]4O[C@@H]5C[C@H]6[C@@H]7CCC8=CC(=O)C=C[C@]8(C)[C@H]7[C@@H](O)C[C@]6(C)[C@]5(C(=O)CO)O4)cc3)(CC1)OC2. The summed E-state index contributed by atoms with van der Waals surface area (Å²) in [4.78, 5) is 76.3. The Balaban J connectivity index is 0.866. The molecule has 7 fully saturated rings. The number of hydrogen-bond donors (Lipinski definition) is 8. The number of allylic oxidation sites excluding steroid dienone is 4. The molecule has 0 radical (unpaired) electrons. The number of carboxylic acid groups (broad SMARTS) is 1. The zero-order valence-electron chi connectivity index (χ0n) is 39.7. The number of nitrogens with two attached hydrogens (primary N) is 1. The minimum atomic E-state index is -1.45. The van der Waals surface area contributed by atoms with E-state index in [1.165, 1.54) is 6.92 Å². The van der Waals surface area contributed by atoms with Gasteiger partial charge in [-0.05, 0) is 107 Å². The van der Waals surface area contributed by atoms with Gasteiger partial charge in [0.25, 0.3) is 0 Å². The molecule has 68 heavy (non-hydrogen) atoms. The molecule has 4 saturated carbocycles. The van der Waals surface area contributed by atoms with Crippen molar-refractivity contribution < 1.29 is 58.3 Å². The summed E-state index contributed by atoms with van der Waals surface area (Å²) in [6, 6.07) is 6.64. The Morgan fingerprint density at radius 3 is 2.41 bits per heavy atom. The van der Waals surface area contributed by atoms with Crippen LogP contribution in [0.25, 0.3) is 0 Å². The van der Waals surface area contributed by atoms with Crippen LogP contribution in [0.3, 0.4) is 0 Å². The lowest BCUT2D eigenvalue weighted by atomic mass is 9.46. The number of rotatable bonds is 20. The van der Waals surface area contributed by atoms with Crippen molar-refractivity contribution in [2.75, 3.05) is 32.8 Å². The summed E-state index contributed by atoms with van der Waals surface area (Å²) in [7, 11) is 0. The van der Waals surface area contributed by atoms with E-state index in [1.54, 1.807) is 12.2 Å². The van der Waals surface area contributed by atoms with E-state index in [9.17, 15) is 44.1 Å². The van der Waals surface area contributed by atoms with Gasteiger partial charge in [0.1, 0.15) is 12.6 Å². The second-order valence-electron chi connectivity index (χ2n) is 21.4.